The molecule has 0 unspecified atom stereocenters. The summed E-state index contributed by atoms with van der Waals surface area (Å²) in [4.78, 5) is 8.67. The van der Waals surface area contributed by atoms with Crippen molar-refractivity contribution in [1.82, 2.24) is 14.5 Å². The molecular weight excluding hydrogens is 214 g/mol. The lowest BCUT2D eigenvalue weighted by atomic mass is 10.2. The maximum atomic E-state index is 8.72. The van der Waals surface area contributed by atoms with Crippen LogP contribution in [0, 0.1) is 0 Å². The number of hydrogen-bond acceptors (Lipinski definition) is 3. The molecule has 0 aliphatic carbocycles. The molecule has 84 valence electrons. The number of hydrogen-bond donors (Lipinski definition) is 1. The van der Waals surface area contributed by atoms with E-state index in [0.29, 0.717) is 6.54 Å². The molecule has 0 saturated carbocycles. The van der Waals surface area contributed by atoms with Crippen molar-refractivity contribution in [2.24, 2.45) is 0 Å². The summed E-state index contributed by atoms with van der Waals surface area (Å²) in [6, 6.07) is 7.97. The summed E-state index contributed by atoms with van der Waals surface area (Å²) in [5.74, 6) is 0. The Morgan fingerprint density at radius 2 is 2.06 bits per heavy atom. The number of pyridine rings is 1. The average molecular weight is 225 g/mol. The summed E-state index contributed by atoms with van der Waals surface area (Å²) in [5.41, 5.74) is 2.87. The lowest BCUT2D eigenvalue weighted by molar-refractivity contribution is 0.469. The van der Waals surface area contributed by atoms with Gasteiger partial charge in [-0.05, 0) is 12.1 Å². The predicted molar refractivity (Wildman–Crippen MR) is 66.8 cm³/mol. The number of imidazole rings is 1. The summed E-state index contributed by atoms with van der Waals surface area (Å²) < 4.78 is 1.99. The Kier molecular flexibility index (Phi) is 2.26. The van der Waals surface area contributed by atoms with E-state index >= 15 is 0 Å². The first-order valence-corrected chi connectivity index (χ1v) is 5.38. The van der Waals surface area contributed by atoms with Gasteiger partial charge < -0.3 is 9.67 Å². The lowest BCUT2D eigenvalue weighted by Gasteiger charge is -2.03. The molecule has 17 heavy (non-hydrogen) atoms. The van der Waals surface area contributed by atoms with Crippen molar-refractivity contribution < 1.29 is 5.11 Å². The van der Waals surface area contributed by atoms with Gasteiger partial charge in [0.1, 0.15) is 5.52 Å². The summed E-state index contributed by atoms with van der Waals surface area (Å²) in [7, 11) is 0. The minimum atomic E-state index is 0.598. The maximum Gasteiger partial charge on any atom is 0.107 e. The topological polar surface area (TPSA) is 50.9 Å². The van der Waals surface area contributed by atoms with E-state index in [0.717, 1.165) is 28.2 Å². The molecule has 0 aliphatic rings. The van der Waals surface area contributed by atoms with E-state index in [1.807, 2.05) is 28.8 Å². The van der Waals surface area contributed by atoms with Crippen LogP contribution in [0.2, 0.25) is 0 Å². The normalized spacial score (nSPS) is 11.8. The van der Waals surface area contributed by atoms with Crippen LogP contribution in [0.1, 0.15) is 0 Å². The molecule has 4 nitrogen and oxygen atoms in total. The fourth-order valence-corrected chi connectivity index (χ4v) is 2.00. The molecule has 0 saturated heterocycles. The molecule has 0 radical (unpaired) electrons. The quantitative estimate of drug-likeness (QED) is 0.682. The molecule has 0 atom stereocenters. The molecule has 0 amide bonds. The van der Waals surface area contributed by atoms with Gasteiger partial charge in [-0.15, -0.1) is 0 Å². The first-order valence-electron chi connectivity index (χ1n) is 5.38. The first-order chi connectivity index (χ1) is 8.40. The minimum Gasteiger partial charge on any atom is -0.516 e. The smallest absolute Gasteiger partial charge is 0.107 e. The first kappa shape index (κ1) is 9.84. The molecule has 4 heteroatoms. The van der Waals surface area contributed by atoms with Crippen LogP contribution in [-0.2, 0) is 6.54 Å². The number of rotatable bonds is 2. The van der Waals surface area contributed by atoms with E-state index in [4.69, 9.17) is 5.11 Å². The molecule has 0 aliphatic heterocycles. The van der Waals surface area contributed by atoms with Crippen molar-refractivity contribution in [3.8, 4) is 0 Å². The summed E-state index contributed by atoms with van der Waals surface area (Å²) in [6.45, 7) is 0.598. The van der Waals surface area contributed by atoms with Crippen molar-refractivity contribution in [3.05, 3.63) is 49.1 Å². The largest absolute Gasteiger partial charge is 0.516 e. The van der Waals surface area contributed by atoms with Gasteiger partial charge in [0.2, 0.25) is 0 Å². The van der Waals surface area contributed by atoms with E-state index in [2.05, 4.69) is 9.97 Å². The molecular formula is C13H11N3O. The monoisotopic (exact) mass is 225 g/mol. The van der Waals surface area contributed by atoms with Crippen LogP contribution >= 0.6 is 0 Å². The lowest BCUT2D eigenvalue weighted by Crippen LogP contribution is -1.93. The highest BCUT2D eigenvalue weighted by atomic mass is 16.2. The Labute approximate surface area is 97.9 Å². The van der Waals surface area contributed by atoms with Crippen LogP contribution in [-0.4, -0.2) is 19.6 Å². The number of benzene rings is 1. The molecule has 0 bridgehead atoms. The molecule has 3 aromatic rings. The number of aliphatic hydroxyl groups excluding tert-OH is 1. The minimum absolute atomic E-state index is 0.598. The Balaban J connectivity index is 2.34. The van der Waals surface area contributed by atoms with Crippen LogP contribution in [0.5, 0.6) is 0 Å². The number of aliphatic hydroxyl groups is 1. The van der Waals surface area contributed by atoms with E-state index in [-0.39, 0.29) is 0 Å². The Bertz CT molecular complexity index is 700. The second kappa shape index (κ2) is 3.90. The van der Waals surface area contributed by atoms with Crippen molar-refractivity contribution >= 4 is 21.9 Å². The standard InChI is InChI=1S/C13H11N3O/c17-7-3-6-16-9-15-12-8-14-11-5-2-1-4-10(11)13(12)16/h1-5,7-9,17H,6H2. The van der Waals surface area contributed by atoms with Gasteiger partial charge >= 0.3 is 0 Å². The van der Waals surface area contributed by atoms with Crippen molar-refractivity contribution in [3.63, 3.8) is 0 Å². The Morgan fingerprint density at radius 1 is 1.18 bits per heavy atom. The van der Waals surface area contributed by atoms with Gasteiger partial charge in [-0.3, -0.25) is 4.98 Å². The number of nitrogens with zero attached hydrogens (tertiary/aromatic N) is 3. The van der Waals surface area contributed by atoms with Crippen molar-refractivity contribution in [2.45, 2.75) is 6.54 Å². The van der Waals surface area contributed by atoms with Crippen molar-refractivity contribution in [2.75, 3.05) is 0 Å². The van der Waals surface area contributed by atoms with E-state index < -0.39 is 0 Å². The van der Waals surface area contributed by atoms with Gasteiger partial charge in [-0.25, -0.2) is 4.98 Å². The van der Waals surface area contributed by atoms with Crippen molar-refractivity contribution in [1.29, 1.82) is 0 Å². The van der Waals surface area contributed by atoms with Crippen LogP contribution < -0.4 is 0 Å². The summed E-state index contributed by atoms with van der Waals surface area (Å²) in [6.07, 6.45) is 6.27. The van der Waals surface area contributed by atoms with Crippen LogP contribution in [0.4, 0.5) is 0 Å². The molecule has 2 heterocycles. The third-order valence-electron chi connectivity index (χ3n) is 2.76. The van der Waals surface area contributed by atoms with Gasteiger partial charge in [-0.1, -0.05) is 18.2 Å². The van der Waals surface area contributed by atoms with Gasteiger partial charge in [0, 0.05) is 11.9 Å². The third-order valence-corrected chi connectivity index (χ3v) is 2.76. The highest BCUT2D eigenvalue weighted by Crippen LogP contribution is 2.22. The summed E-state index contributed by atoms with van der Waals surface area (Å²) >= 11 is 0. The van der Waals surface area contributed by atoms with E-state index in [9.17, 15) is 0 Å². The molecule has 3 rings (SSSR count). The Hall–Kier alpha value is -2.36. The van der Waals surface area contributed by atoms with Crippen LogP contribution in [0.3, 0.4) is 0 Å². The van der Waals surface area contributed by atoms with Gasteiger partial charge in [0.15, 0.2) is 0 Å². The number of para-hydroxylation sites is 1. The fourth-order valence-electron chi connectivity index (χ4n) is 2.00. The van der Waals surface area contributed by atoms with Gasteiger partial charge in [0.25, 0.3) is 0 Å². The predicted octanol–water partition coefficient (Wildman–Crippen LogP) is 2.66. The second-order valence-electron chi connectivity index (χ2n) is 3.79. The molecule has 0 spiro atoms. The number of allylic oxidation sites excluding steroid dienone is 1. The third kappa shape index (κ3) is 1.54. The maximum absolute atomic E-state index is 8.72. The Morgan fingerprint density at radius 3 is 2.94 bits per heavy atom. The molecule has 2 aromatic heterocycles. The number of fused-ring (bicyclic) bond motifs is 3. The molecule has 1 aromatic carbocycles. The van der Waals surface area contributed by atoms with E-state index in [1.165, 1.54) is 0 Å². The molecule has 0 fully saturated rings. The van der Waals surface area contributed by atoms with E-state index in [1.54, 1.807) is 18.6 Å². The molecule has 1 N–H and O–H groups in total. The van der Waals surface area contributed by atoms with Gasteiger partial charge in [0.05, 0.1) is 29.8 Å². The van der Waals surface area contributed by atoms with Gasteiger partial charge in [-0.2, -0.15) is 0 Å². The zero-order valence-electron chi connectivity index (χ0n) is 9.11. The fraction of sp³-hybridized carbons (Fsp3) is 0.0769. The number of aromatic nitrogens is 3. The summed E-state index contributed by atoms with van der Waals surface area (Å²) in [5, 5.41) is 9.80. The SMILES string of the molecule is OC=CCn1cnc2cnc3ccccc3c21. The zero-order chi connectivity index (χ0) is 11.7. The zero-order valence-corrected chi connectivity index (χ0v) is 9.11. The second-order valence-corrected chi connectivity index (χ2v) is 3.79. The van der Waals surface area contributed by atoms with Crippen LogP contribution in [0.25, 0.3) is 21.9 Å². The highest BCUT2D eigenvalue weighted by Gasteiger charge is 2.06. The average Bonchev–Trinajstić information content (AvgIpc) is 2.80. The highest BCUT2D eigenvalue weighted by molar-refractivity contribution is 6.01. The van der Waals surface area contributed by atoms with Crippen LogP contribution in [0.15, 0.2) is 49.1 Å².